The van der Waals surface area contributed by atoms with Gasteiger partial charge in [0.05, 0.1) is 3.92 Å². The Kier molecular flexibility index (Phi) is 2.50. The van der Waals surface area contributed by atoms with Crippen LogP contribution in [0.3, 0.4) is 0 Å². The van der Waals surface area contributed by atoms with Gasteiger partial charge in [0.25, 0.3) is 0 Å². The Hall–Kier alpha value is 0.400. The van der Waals surface area contributed by atoms with Gasteiger partial charge in [-0.2, -0.15) is 0 Å². The predicted octanol–water partition coefficient (Wildman–Crippen LogP) is 2.18. The Morgan fingerprint density at radius 1 is 1.67 bits per heavy atom. The van der Waals surface area contributed by atoms with E-state index in [1.54, 1.807) is 0 Å². The van der Waals surface area contributed by atoms with Crippen LogP contribution in [0.2, 0.25) is 0 Å². The summed E-state index contributed by atoms with van der Waals surface area (Å²) in [6, 6.07) is 0. The van der Waals surface area contributed by atoms with Gasteiger partial charge in [0.15, 0.2) is 0 Å². The second-order valence-electron chi connectivity index (χ2n) is 2.81. The first kappa shape index (κ1) is 7.51. The minimum absolute atomic E-state index is 0.311. The van der Waals surface area contributed by atoms with E-state index in [2.05, 4.69) is 29.5 Å². The van der Waals surface area contributed by atoms with Crippen LogP contribution in [-0.2, 0) is 4.79 Å². The van der Waals surface area contributed by atoms with E-state index in [1.165, 1.54) is 0 Å². The van der Waals surface area contributed by atoms with Crippen LogP contribution in [-0.4, -0.2) is 9.71 Å². The second-order valence-corrected chi connectivity index (χ2v) is 4.32. The van der Waals surface area contributed by atoms with Gasteiger partial charge < -0.3 is 0 Å². The van der Waals surface area contributed by atoms with Crippen LogP contribution in [0.4, 0.5) is 0 Å². The Labute approximate surface area is 69.3 Å². The molecule has 0 amide bonds. The summed E-state index contributed by atoms with van der Waals surface area (Å²) in [6.45, 7) is 2.22. The van der Waals surface area contributed by atoms with Crippen molar-refractivity contribution in [3.05, 3.63) is 0 Å². The third-order valence-corrected chi connectivity index (χ3v) is 3.05. The van der Waals surface area contributed by atoms with Gasteiger partial charge >= 0.3 is 0 Å². The fourth-order valence-electron chi connectivity index (χ4n) is 1.15. The van der Waals surface area contributed by atoms with Gasteiger partial charge in [-0.15, -0.1) is 0 Å². The van der Waals surface area contributed by atoms with E-state index in [1.807, 2.05) is 0 Å². The molecule has 0 radical (unpaired) electrons. The zero-order valence-corrected chi connectivity index (χ0v) is 7.72. The lowest BCUT2D eigenvalue weighted by Crippen LogP contribution is -2.22. The van der Waals surface area contributed by atoms with Gasteiger partial charge in [-0.05, 0) is 18.8 Å². The van der Waals surface area contributed by atoms with Crippen molar-refractivity contribution < 1.29 is 4.79 Å². The maximum Gasteiger partial charge on any atom is 0.145 e. The molecule has 1 saturated carbocycles. The number of rotatable bonds is 0. The van der Waals surface area contributed by atoms with Crippen molar-refractivity contribution in [2.45, 2.75) is 30.1 Å². The van der Waals surface area contributed by atoms with Crippen molar-refractivity contribution in [3.8, 4) is 0 Å². The molecule has 2 heteroatoms. The second kappa shape index (κ2) is 2.99. The topological polar surface area (TPSA) is 17.1 Å². The Bertz CT molecular complexity index is 122. The quantitative estimate of drug-likeness (QED) is 0.467. The van der Waals surface area contributed by atoms with E-state index in [0.717, 1.165) is 25.2 Å². The Morgan fingerprint density at radius 2 is 2.33 bits per heavy atom. The van der Waals surface area contributed by atoms with E-state index in [0.29, 0.717) is 9.71 Å². The van der Waals surface area contributed by atoms with Crippen molar-refractivity contribution in [1.29, 1.82) is 0 Å². The van der Waals surface area contributed by atoms with Crippen molar-refractivity contribution in [2.75, 3.05) is 0 Å². The summed E-state index contributed by atoms with van der Waals surface area (Å²) in [7, 11) is 0. The first-order valence-corrected chi connectivity index (χ1v) is 4.61. The average Bonchev–Trinajstić information content (AvgIpc) is 1.80. The third-order valence-electron chi connectivity index (χ3n) is 1.84. The van der Waals surface area contributed by atoms with Crippen LogP contribution < -0.4 is 0 Å². The van der Waals surface area contributed by atoms with Gasteiger partial charge in [-0.3, -0.25) is 4.79 Å². The summed E-state index contributed by atoms with van der Waals surface area (Å²) >= 11 is 2.25. The van der Waals surface area contributed by atoms with Crippen LogP contribution in [0.25, 0.3) is 0 Å². The van der Waals surface area contributed by atoms with E-state index >= 15 is 0 Å². The molecule has 2 atom stereocenters. The number of halogens is 1. The summed E-state index contributed by atoms with van der Waals surface area (Å²) in [6.07, 6.45) is 3.02. The molecule has 9 heavy (non-hydrogen) atoms. The molecule has 1 nitrogen and oxygen atoms in total. The molecule has 1 aliphatic carbocycles. The molecule has 0 aromatic heterocycles. The highest BCUT2D eigenvalue weighted by Gasteiger charge is 2.23. The molecular formula is C7H11IO. The molecule has 1 fully saturated rings. The number of alkyl halides is 1. The van der Waals surface area contributed by atoms with Gasteiger partial charge in [0.1, 0.15) is 5.78 Å². The van der Waals surface area contributed by atoms with Crippen molar-refractivity contribution in [3.63, 3.8) is 0 Å². The summed E-state index contributed by atoms with van der Waals surface area (Å²) in [4.78, 5) is 10.9. The van der Waals surface area contributed by atoms with E-state index in [9.17, 15) is 4.79 Å². The van der Waals surface area contributed by atoms with Crippen LogP contribution in [0.1, 0.15) is 26.2 Å². The zero-order valence-electron chi connectivity index (χ0n) is 5.56. The predicted molar refractivity (Wildman–Crippen MR) is 45.8 cm³/mol. The summed E-state index contributed by atoms with van der Waals surface area (Å²) in [5.74, 6) is 1.22. The van der Waals surface area contributed by atoms with Gasteiger partial charge in [0.2, 0.25) is 0 Å². The number of carbonyl (C=O) groups excluding carboxylic acids is 1. The van der Waals surface area contributed by atoms with Crippen LogP contribution in [0.5, 0.6) is 0 Å². The summed E-state index contributed by atoms with van der Waals surface area (Å²) in [5.41, 5.74) is 0. The van der Waals surface area contributed by atoms with Crippen molar-refractivity contribution >= 4 is 28.4 Å². The molecule has 1 unspecified atom stereocenters. The Balaban J connectivity index is 2.44. The van der Waals surface area contributed by atoms with Crippen LogP contribution in [0, 0.1) is 5.92 Å². The number of carbonyl (C=O) groups is 1. The summed E-state index contributed by atoms with van der Waals surface area (Å²) in [5, 5.41) is 0. The molecule has 0 aromatic rings. The smallest absolute Gasteiger partial charge is 0.145 e. The minimum Gasteiger partial charge on any atom is -0.299 e. The average molecular weight is 238 g/mol. The van der Waals surface area contributed by atoms with E-state index < -0.39 is 0 Å². The maximum atomic E-state index is 10.9. The lowest BCUT2D eigenvalue weighted by atomic mass is 9.90. The van der Waals surface area contributed by atoms with Gasteiger partial charge in [0, 0.05) is 6.42 Å². The molecule has 0 spiro atoms. The highest BCUT2D eigenvalue weighted by molar-refractivity contribution is 14.1. The zero-order chi connectivity index (χ0) is 6.85. The highest BCUT2D eigenvalue weighted by atomic mass is 127. The SMILES string of the molecule is C[C@H]1CCC(=O)C(I)C1. The van der Waals surface area contributed by atoms with Gasteiger partial charge in [-0.1, -0.05) is 29.5 Å². The first-order chi connectivity index (χ1) is 4.20. The fraction of sp³-hybridized carbons (Fsp3) is 0.857. The molecular weight excluding hydrogens is 227 g/mol. The monoisotopic (exact) mass is 238 g/mol. The molecule has 0 aromatic carbocycles. The molecule has 1 aliphatic rings. The summed E-state index contributed by atoms with van der Waals surface area (Å²) < 4.78 is 0.311. The maximum absolute atomic E-state index is 10.9. The molecule has 52 valence electrons. The highest BCUT2D eigenvalue weighted by Crippen LogP contribution is 2.25. The van der Waals surface area contributed by atoms with Crippen LogP contribution in [0.15, 0.2) is 0 Å². The number of ketones is 1. The number of hydrogen-bond donors (Lipinski definition) is 0. The number of hydrogen-bond acceptors (Lipinski definition) is 1. The van der Waals surface area contributed by atoms with Crippen LogP contribution >= 0.6 is 22.6 Å². The molecule has 1 rings (SSSR count). The standard InChI is InChI=1S/C7H11IO/c1-5-2-3-7(9)6(8)4-5/h5-6H,2-4H2,1H3/t5-,6?/m0/s1. The third kappa shape index (κ3) is 1.92. The molecule has 0 N–H and O–H groups in total. The minimum atomic E-state index is 0.311. The fourth-order valence-corrected chi connectivity index (χ4v) is 2.33. The van der Waals surface area contributed by atoms with Crippen molar-refractivity contribution in [1.82, 2.24) is 0 Å². The molecule has 0 heterocycles. The van der Waals surface area contributed by atoms with Gasteiger partial charge in [-0.25, -0.2) is 0 Å². The number of Topliss-reactive ketones (excluding diaryl/α,β-unsaturated/α-hetero) is 1. The van der Waals surface area contributed by atoms with E-state index in [-0.39, 0.29) is 0 Å². The first-order valence-electron chi connectivity index (χ1n) is 3.37. The molecule has 0 aliphatic heterocycles. The normalized spacial score (nSPS) is 36.9. The molecule has 0 bridgehead atoms. The molecule has 0 saturated heterocycles. The van der Waals surface area contributed by atoms with Crippen molar-refractivity contribution in [2.24, 2.45) is 5.92 Å². The lowest BCUT2D eigenvalue weighted by molar-refractivity contribution is -0.119. The Morgan fingerprint density at radius 3 is 2.78 bits per heavy atom. The van der Waals surface area contributed by atoms with E-state index in [4.69, 9.17) is 0 Å². The largest absolute Gasteiger partial charge is 0.299 e. The lowest BCUT2D eigenvalue weighted by Gasteiger charge is -2.20.